The molecule has 1 atom stereocenters. The Morgan fingerprint density at radius 2 is 1.81 bits per heavy atom. The van der Waals surface area contributed by atoms with Crippen LogP contribution in [0.25, 0.3) is 0 Å². The third kappa shape index (κ3) is 3.72. The number of ether oxygens (including phenoxy) is 2. The Hall–Kier alpha value is -2.69. The van der Waals surface area contributed by atoms with Gasteiger partial charge in [-0.15, -0.1) is 0 Å². The molecule has 0 bridgehead atoms. The van der Waals surface area contributed by atoms with Gasteiger partial charge in [-0.05, 0) is 30.2 Å². The van der Waals surface area contributed by atoms with Crippen molar-refractivity contribution in [2.75, 3.05) is 31.2 Å². The molecule has 2 aliphatic heterocycles. The highest BCUT2D eigenvalue weighted by molar-refractivity contribution is 5.76. The smallest absolute Gasteiger partial charge is 0.220 e. The largest absolute Gasteiger partial charge is 0.486 e. The number of nitrogens with one attached hydrogen (secondary N) is 1. The lowest BCUT2D eigenvalue weighted by Gasteiger charge is -2.41. The fourth-order valence-electron chi connectivity index (χ4n) is 3.61. The molecule has 2 aliphatic rings. The van der Waals surface area contributed by atoms with Crippen molar-refractivity contribution in [2.24, 2.45) is 0 Å². The summed E-state index contributed by atoms with van der Waals surface area (Å²) in [7, 11) is 0. The van der Waals surface area contributed by atoms with Crippen LogP contribution in [0.1, 0.15) is 43.4 Å². The summed E-state index contributed by atoms with van der Waals surface area (Å²) < 4.78 is 11.3. The molecule has 1 N–H and O–H groups in total. The van der Waals surface area contributed by atoms with E-state index < -0.39 is 0 Å². The van der Waals surface area contributed by atoms with Crippen LogP contribution in [-0.4, -0.2) is 32.2 Å². The van der Waals surface area contributed by atoms with E-state index in [-0.39, 0.29) is 11.9 Å². The monoisotopic (exact) mass is 366 g/mol. The Morgan fingerprint density at radius 1 is 1.11 bits per heavy atom. The van der Waals surface area contributed by atoms with E-state index in [0.717, 1.165) is 30.2 Å². The minimum Gasteiger partial charge on any atom is -0.486 e. The zero-order valence-corrected chi connectivity index (χ0v) is 15.9. The lowest BCUT2D eigenvalue weighted by atomic mass is 9.90. The summed E-state index contributed by atoms with van der Waals surface area (Å²) in [6.07, 6.45) is 0.514. The summed E-state index contributed by atoms with van der Waals surface area (Å²) in [6, 6.07) is 14.9. The number of fused-ring (bicyclic) bond motifs is 1. The number of rotatable bonds is 5. The summed E-state index contributed by atoms with van der Waals surface area (Å²) >= 11 is 0. The van der Waals surface area contributed by atoms with E-state index >= 15 is 0 Å². The van der Waals surface area contributed by atoms with Crippen LogP contribution in [0.3, 0.4) is 0 Å². The number of amides is 1. The minimum atomic E-state index is 0.0436. The Bertz CT molecular complexity index is 813. The second kappa shape index (κ2) is 7.51. The van der Waals surface area contributed by atoms with Gasteiger partial charge in [0, 0.05) is 37.2 Å². The Balaban J connectivity index is 1.36. The molecule has 0 unspecified atom stereocenters. The molecule has 1 saturated heterocycles. The molecule has 0 aliphatic carbocycles. The average Bonchev–Trinajstić information content (AvgIpc) is 2.67. The predicted octanol–water partition coefficient (Wildman–Crippen LogP) is 3.65. The van der Waals surface area contributed by atoms with Gasteiger partial charge in [0.05, 0.1) is 6.04 Å². The van der Waals surface area contributed by atoms with Crippen LogP contribution in [0, 0.1) is 0 Å². The molecule has 1 amide bonds. The van der Waals surface area contributed by atoms with Gasteiger partial charge >= 0.3 is 0 Å². The third-order valence-electron chi connectivity index (χ3n) is 5.38. The second-order valence-electron chi connectivity index (χ2n) is 7.24. The van der Waals surface area contributed by atoms with Gasteiger partial charge in [0.1, 0.15) is 13.2 Å². The van der Waals surface area contributed by atoms with Crippen molar-refractivity contribution in [3.05, 3.63) is 53.6 Å². The molecule has 2 heterocycles. The molecule has 2 aromatic carbocycles. The highest BCUT2D eigenvalue weighted by Crippen LogP contribution is 2.38. The molecule has 1 fully saturated rings. The fourth-order valence-corrected chi connectivity index (χ4v) is 3.61. The van der Waals surface area contributed by atoms with Crippen LogP contribution in [0.4, 0.5) is 5.69 Å². The van der Waals surface area contributed by atoms with E-state index in [4.69, 9.17) is 9.47 Å². The maximum Gasteiger partial charge on any atom is 0.220 e. The molecule has 0 radical (unpaired) electrons. The van der Waals surface area contributed by atoms with Crippen LogP contribution in [0.5, 0.6) is 11.5 Å². The highest BCUT2D eigenvalue weighted by Gasteiger charge is 2.29. The Labute approximate surface area is 160 Å². The normalized spacial score (nSPS) is 17.2. The van der Waals surface area contributed by atoms with Gasteiger partial charge in [0.2, 0.25) is 5.91 Å². The molecule has 4 rings (SSSR count). The molecule has 5 heteroatoms. The van der Waals surface area contributed by atoms with Gasteiger partial charge in [-0.3, -0.25) is 4.79 Å². The number of carbonyl (C=O) groups excluding carboxylic acids is 1. The van der Waals surface area contributed by atoms with Crippen molar-refractivity contribution >= 4 is 11.6 Å². The molecule has 2 aromatic rings. The maximum atomic E-state index is 11.6. The molecule has 0 spiro atoms. The maximum absolute atomic E-state index is 11.6. The van der Waals surface area contributed by atoms with Crippen molar-refractivity contribution < 1.29 is 14.3 Å². The first-order valence-corrected chi connectivity index (χ1v) is 9.68. The van der Waals surface area contributed by atoms with Gasteiger partial charge in [-0.1, -0.05) is 31.2 Å². The number of hydrogen-bond acceptors (Lipinski definition) is 4. The van der Waals surface area contributed by atoms with Crippen molar-refractivity contribution in [3.8, 4) is 11.5 Å². The fraction of sp³-hybridized carbons (Fsp3) is 0.409. The number of hydrogen-bond donors (Lipinski definition) is 1. The summed E-state index contributed by atoms with van der Waals surface area (Å²) in [6.45, 7) is 7.13. The second-order valence-corrected chi connectivity index (χ2v) is 7.24. The summed E-state index contributed by atoms with van der Waals surface area (Å²) in [5, 5.41) is 3.01. The van der Waals surface area contributed by atoms with Crippen LogP contribution in [-0.2, 0) is 4.79 Å². The molecular weight excluding hydrogens is 340 g/mol. The average molecular weight is 366 g/mol. The van der Waals surface area contributed by atoms with Gasteiger partial charge in [0.25, 0.3) is 0 Å². The van der Waals surface area contributed by atoms with Crippen molar-refractivity contribution in [1.82, 2.24) is 5.32 Å². The number of benzene rings is 2. The topological polar surface area (TPSA) is 50.8 Å². The zero-order valence-electron chi connectivity index (χ0n) is 15.9. The third-order valence-corrected chi connectivity index (χ3v) is 5.38. The standard InChI is InChI=1S/C22H26N2O3/c1-3-22(25)23-15(2)16-4-6-17(7-5-16)18-13-24(14-18)19-8-9-20-21(12-19)27-11-10-26-20/h4-9,12,15,18H,3,10-11,13-14H2,1-2H3,(H,23,25)/t15-/m0/s1. The van der Waals surface area contributed by atoms with E-state index in [2.05, 4.69) is 46.6 Å². The summed E-state index contributed by atoms with van der Waals surface area (Å²) in [5.74, 6) is 2.30. The van der Waals surface area contributed by atoms with E-state index in [0.29, 0.717) is 25.6 Å². The first-order valence-electron chi connectivity index (χ1n) is 9.68. The molecule has 27 heavy (non-hydrogen) atoms. The van der Waals surface area contributed by atoms with Crippen molar-refractivity contribution in [3.63, 3.8) is 0 Å². The minimum absolute atomic E-state index is 0.0436. The molecule has 0 aromatic heterocycles. The lowest BCUT2D eigenvalue weighted by Crippen LogP contribution is -2.45. The lowest BCUT2D eigenvalue weighted by molar-refractivity contribution is -0.121. The number of anilines is 1. The Kier molecular flexibility index (Phi) is 4.92. The van der Waals surface area contributed by atoms with E-state index in [1.54, 1.807) is 0 Å². The quantitative estimate of drug-likeness (QED) is 0.878. The molecule has 142 valence electrons. The molecular formula is C22H26N2O3. The van der Waals surface area contributed by atoms with Crippen LogP contribution in [0.2, 0.25) is 0 Å². The molecule has 0 saturated carbocycles. The first-order chi connectivity index (χ1) is 13.1. The van der Waals surface area contributed by atoms with Crippen LogP contribution in [0.15, 0.2) is 42.5 Å². The SMILES string of the molecule is CCC(=O)N[C@@H](C)c1ccc(C2CN(c3ccc4c(c3)OCCO4)C2)cc1. The number of nitrogens with zero attached hydrogens (tertiary/aromatic N) is 1. The Morgan fingerprint density at radius 3 is 2.52 bits per heavy atom. The van der Waals surface area contributed by atoms with Gasteiger partial charge in [0.15, 0.2) is 11.5 Å². The first kappa shape index (κ1) is 17.7. The highest BCUT2D eigenvalue weighted by atomic mass is 16.6. The molecule has 5 nitrogen and oxygen atoms in total. The summed E-state index contributed by atoms with van der Waals surface area (Å²) in [4.78, 5) is 13.9. The van der Waals surface area contributed by atoms with Gasteiger partial charge in [-0.25, -0.2) is 0 Å². The predicted molar refractivity (Wildman–Crippen MR) is 106 cm³/mol. The van der Waals surface area contributed by atoms with E-state index in [9.17, 15) is 4.79 Å². The summed E-state index contributed by atoms with van der Waals surface area (Å²) in [5.41, 5.74) is 3.67. The zero-order chi connectivity index (χ0) is 18.8. The van der Waals surface area contributed by atoms with Crippen molar-refractivity contribution in [1.29, 1.82) is 0 Å². The van der Waals surface area contributed by atoms with E-state index in [1.165, 1.54) is 11.3 Å². The van der Waals surface area contributed by atoms with Crippen LogP contribution < -0.4 is 19.7 Å². The van der Waals surface area contributed by atoms with Crippen LogP contribution >= 0.6 is 0 Å². The van der Waals surface area contributed by atoms with E-state index in [1.807, 2.05) is 19.9 Å². The number of carbonyl (C=O) groups is 1. The van der Waals surface area contributed by atoms with Gasteiger partial charge < -0.3 is 19.7 Å². The van der Waals surface area contributed by atoms with Crippen molar-refractivity contribution in [2.45, 2.75) is 32.2 Å². The van der Waals surface area contributed by atoms with Gasteiger partial charge in [-0.2, -0.15) is 0 Å².